The summed E-state index contributed by atoms with van der Waals surface area (Å²) in [6.45, 7) is 1.91. The Kier molecular flexibility index (Phi) is 2.41. The van der Waals surface area contributed by atoms with Crippen LogP contribution in [0.4, 0.5) is 0 Å². The highest BCUT2D eigenvalue weighted by molar-refractivity contribution is 6.31. The highest BCUT2D eigenvalue weighted by Gasteiger charge is 2.11. The molecule has 1 heterocycles. The van der Waals surface area contributed by atoms with Gasteiger partial charge in [0, 0.05) is 12.1 Å². The third-order valence-corrected chi connectivity index (χ3v) is 2.66. The van der Waals surface area contributed by atoms with Crippen molar-refractivity contribution in [3.8, 4) is 0 Å². The number of fused-ring (bicyclic) bond motifs is 1. The van der Waals surface area contributed by atoms with E-state index in [0.717, 1.165) is 16.9 Å². The molecule has 14 heavy (non-hydrogen) atoms. The molecule has 0 spiro atoms. The Labute approximate surface area is 92.5 Å². The maximum Gasteiger partial charge on any atom is 0.127 e. The van der Waals surface area contributed by atoms with Crippen LogP contribution in [0.5, 0.6) is 0 Å². The highest BCUT2D eigenvalue weighted by Crippen LogP contribution is 2.24. The Balaban J connectivity index is 2.73. The van der Waals surface area contributed by atoms with E-state index in [1.165, 1.54) is 0 Å². The van der Waals surface area contributed by atoms with E-state index >= 15 is 0 Å². The Morgan fingerprint density at radius 1 is 1.43 bits per heavy atom. The van der Waals surface area contributed by atoms with Gasteiger partial charge in [0.15, 0.2) is 0 Å². The lowest BCUT2D eigenvalue weighted by Gasteiger charge is -2.02. The maximum atomic E-state index is 6.00. The van der Waals surface area contributed by atoms with Gasteiger partial charge in [-0.15, -0.1) is 11.6 Å². The van der Waals surface area contributed by atoms with E-state index in [4.69, 9.17) is 23.2 Å². The van der Waals surface area contributed by atoms with Crippen LogP contribution in [-0.4, -0.2) is 9.55 Å². The molecular formula is C10H10Cl2N2. The zero-order chi connectivity index (χ0) is 10.3. The molecule has 0 saturated carbocycles. The monoisotopic (exact) mass is 228 g/mol. The zero-order valence-corrected chi connectivity index (χ0v) is 9.47. The van der Waals surface area contributed by atoms with Gasteiger partial charge in [0.2, 0.25) is 0 Å². The topological polar surface area (TPSA) is 17.8 Å². The molecule has 0 N–H and O–H groups in total. The van der Waals surface area contributed by atoms with Gasteiger partial charge in [0.25, 0.3) is 0 Å². The number of nitrogens with zero attached hydrogens (tertiary/aromatic N) is 2. The molecule has 2 nitrogen and oxygen atoms in total. The first-order chi connectivity index (χ1) is 6.59. The highest BCUT2D eigenvalue weighted by atomic mass is 35.5. The summed E-state index contributed by atoms with van der Waals surface area (Å²) in [7, 11) is 1.96. The van der Waals surface area contributed by atoms with Gasteiger partial charge < -0.3 is 4.57 Å². The van der Waals surface area contributed by atoms with Crippen molar-refractivity contribution in [3.05, 3.63) is 29.0 Å². The lowest BCUT2D eigenvalue weighted by molar-refractivity contribution is 0.812. The van der Waals surface area contributed by atoms with Crippen molar-refractivity contribution < 1.29 is 0 Å². The maximum absolute atomic E-state index is 6.00. The van der Waals surface area contributed by atoms with E-state index in [-0.39, 0.29) is 5.38 Å². The number of aryl methyl sites for hydroxylation is 1. The van der Waals surface area contributed by atoms with Crippen LogP contribution in [0, 0.1) is 0 Å². The molecular weight excluding hydrogens is 219 g/mol. The first kappa shape index (κ1) is 9.81. The Morgan fingerprint density at radius 2 is 2.14 bits per heavy atom. The summed E-state index contributed by atoms with van der Waals surface area (Å²) in [5.74, 6) is 0.865. The first-order valence-corrected chi connectivity index (χ1v) is 5.17. The summed E-state index contributed by atoms with van der Waals surface area (Å²) in [5.41, 5.74) is 1.94. The fourth-order valence-electron chi connectivity index (χ4n) is 1.55. The number of halogens is 2. The second-order valence-electron chi connectivity index (χ2n) is 3.28. The first-order valence-electron chi connectivity index (χ1n) is 4.35. The Hall–Kier alpha value is -0.730. The standard InChI is InChI=1S/C10H10Cl2N2/c1-6(11)10-13-8-5-7(12)3-4-9(8)14(10)2/h3-6H,1-2H3. The SMILES string of the molecule is CC(Cl)c1nc2cc(Cl)ccc2n1C. The molecule has 1 atom stereocenters. The minimum absolute atomic E-state index is 0.0915. The third kappa shape index (κ3) is 1.49. The number of imidazole rings is 1. The van der Waals surface area contributed by atoms with E-state index in [2.05, 4.69) is 4.98 Å². The molecule has 1 unspecified atom stereocenters. The molecule has 0 aliphatic rings. The van der Waals surface area contributed by atoms with E-state index < -0.39 is 0 Å². The second-order valence-corrected chi connectivity index (χ2v) is 4.37. The van der Waals surface area contributed by atoms with E-state index in [1.54, 1.807) is 0 Å². The number of benzene rings is 1. The Bertz CT molecular complexity index is 474. The fraction of sp³-hybridized carbons (Fsp3) is 0.300. The van der Waals surface area contributed by atoms with Crippen LogP contribution in [-0.2, 0) is 7.05 Å². The van der Waals surface area contributed by atoms with Crippen molar-refractivity contribution >= 4 is 34.2 Å². The molecule has 1 aromatic carbocycles. The summed E-state index contributed by atoms with van der Waals surface area (Å²) in [5, 5.41) is 0.607. The summed E-state index contributed by atoms with van der Waals surface area (Å²) < 4.78 is 1.99. The van der Waals surface area contributed by atoms with Crippen molar-refractivity contribution in [3.63, 3.8) is 0 Å². The van der Waals surface area contributed by atoms with Crippen LogP contribution in [0.1, 0.15) is 18.1 Å². The molecule has 0 radical (unpaired) electrons. The van der Waals surface area contributed by atoms with E-state index in [9.17, 15) is 0 Å². The smallest absolute Gasteiger partial charge is 0.127 e. The minimum atomic E-state index is -0.0915. The number of rotatable bonds is 1. The molecule has 0 amide bonds. The predicted molar refractivity (Wildman–Crippen MR) is 60.0 cm³/mol. The van der Waals surface area contributed by atoms with Crippen LogP contribution >= 0.6 is 23.2 Å². The molecule has 0 aliphatic heterocycles. The quantitative estimate of drug-likeness (QED) is 0.684. The molecule has 2 rings (SSSR count). The van der Waals surface area contributed by atoms with Gasteiger partial charge in [-0.25, -0.2) is 4.98 Å². The molecule has 0 saturated heterocycles. The summed E-state index contributed by atoms with van der Waals surface area (Å²) in [4.78, 5) is 4.42. The average Bonchev–Trinajstić information content (AvgIpc) is 2.43. The van der Waals surface area contributed by atoms with E-state index in [0.29, 0.717) is 5.02 Å². The number of hydrogen-bond donors (Lipinski definition) is 0. The van der Waals surface area contributed by atoms with Crippen molar-refractivity contribution in [1.82, 2.24) is 9.55 Å². The van der Waals surface area contributed by atoms with Crippen LogP contribution in [0.3, 0.4) is 0 Å². The summed E-state index contributed by atoms with van der Waals surface area (Å²) in [6.07, 6.45) is 0. The molecule has 0 fully saturated rings. The van der Waals surface area contributed by atoms with Crippen molar-refractivity contribution in [2.24, 2.45) is 7.05 Å². The largest absolute Gasteiger partial charge is 0.330 e. The third-order valence-electron chi connectivity index (χ3n) is 2.23. The van der Waals surface area contributed by atoms with Crippen LogP contribution in [0.15, 0.2) is 18.2 Å². The molecule has 74 valence electrons. The average molecular weight is 229 g/mol. The number of hydrogen-bond acceptors (Lipinski definition) is 1. The van der Waals surface area contributed by atoms with Gasteiger partial charge in [-0.05, 0) is 25.1 Å². The van der Waals surface area contributed by atoms with Gasteiger partial charge in [-0.3, -0.25) is 0 Å². The minimum Gasteiger partial charge on any atom is -0.330 e. The van der Waals surface area contributed by atoms with Gasteiger partial charge in [0.1, 0.15) is 5.82 Å². The predicted octanol–water partition coefficient (Wildman–Crippen LogP) is 3.53. The van der Waals surface area contributed by atoms with Gasteiger partial charge >= 0.3 is 0 Å². The number of aromatic nitrogens is 2. The van der Waals surface area contributed by atoms with E-state index in [1.807, 2.05) is 36.7 Å². The second kappa shape index (κ2) is 3.44. The van der Waals surface area contributed by atoms with Crippen LogP contribution in [0.25, 0.3) is 11.0 Å². The molecule has 0 aliphatic carbocycles. The van der Waals surface area contributed by atoms with Crippen molar-refractivity contribution in [2.75, 3.05) is 0 Å². The zero-order valence-electron chi connectivity index (χ0n) is 7.96. The van der Waals surface area contributed by atoms with Crippen molar-refractivity contribution in [2.45, 2.75) is 12.3 Å². The van der Waals surface area contributed by atoms with Gasteiger partial charge in [-0.2, -0.15) is 0 Å². The Morgan fingerprint density at radius 3 is 2.79 bits per heavy atom. The normalized spacial score (nSPS) is 13.4. The lowest BCUT2D eigenvalue weighted by atomic mass is 10.3. The summed E-state index contributed by atoms with van der Waals surface area (Å²) >= 11 is 11.9. The van der Waals surface area contributed by atoms with Gasteiger partial charge in [-0.1, -0.05) is 11.6 Å². The molecule has 4 heteroatoms. The summed E-state index contributed by atoms with van der Waals surface area (Å²) in [6, 6.07) is 5.65. The molecule has 1 aromatic heterocycles. The lowest BCUT2D eigenvalue weighted by Crippen LogP contribution is -1.97. The molecule has 2 aromatic rings. The van der Waals surface area contributed by atoms with Crippen LogP contribution in [0.2, 0.25) is 5.02 Å². The van der Waals surface area contributed by atoms with Crippen LogP contribution < -0.4 is 0 Å². The number of alkyl halides is 1. The van der Waals surface area contributed by atoms with Crippen molar-refractivity contribution in [1.29, 1.82) is 0 Å². The fourth-order valence-corrected chi connectivity index (χ4v) is 1.91. The molecule has 0 bridgehead atoms. The van der Waals surface area contributed by atoms with Gasteiger partial charge in [0.05, 0.1) is 16.4 Å².